The monoisotopic (exact) mass is 132 g/mol. The fourth-order valence-electron chi connectivity index (χ4n) is 0.249. The molecular weight excluding hydrogens is 124 g/mol. The first-order valence-corrected chi connectivity index (χ1v) is 2.28. The van der Waals surface area contributed by atoms with Gasteiger partial charge in [-0.1, -0.05) is 5.04 Å². The maximum absolute atomic E-state index is 8.05. The molecule has 0 bridgehead atoms. The van der Waals surface area contributed by atoms with Gasteiger partial charge in [0.15, 0.2) is 5.60 Å². The van der Waals surface area contributed by atoms with E-state index in [9.17, 15) is 0 Å². The first kappa shape index (κ1) is 8.24. The van der Waals surface area contributed by atoms with E-state index < -0.39 is 5.60 Å². The number of aliphatic hydroxyl groups excluding tert-OH is 1. The van der Waals surface area contributed by atoms with Crippen LogP contribution in [0.4, 0.5) is 0 Å². The summed E-state index contributed by atoms with van der Waals surface area (Å²) in [6.45, 7) is 3.04. The molecule has 9 heavy (non-hydrogen) atoms. The summed E-state index contributed by atoms with van der Waals surface area (Å²) in [6, 6.07) is 0. The molecule has 0 aromatic carbocycles. The summed E-state index contributed by atoms with van der Waals surface area (Å²) >= 11 is 0. The second-order valence-corrected chi connectivity index (χ2v) is 1.90. The Labute approximate surface area is 52.9 Å². The van der Waals surface area contributed by atoms with Gasteiger partial charge in [-0.15, -0.1) is 0 Å². The number of hydrogen-bond donors (Lipinski definition) is 2. The molecule has 0 saturated heterocycles. The van der Waals surface area contributed by atoms with Crippen LogP contribution in [-0.4, -0.2) is 16.0 Å². The molecule has 0 heterocycles. The summed E-state index contributed by atoms with van der Waals surface area (Å²) in [7, 11) is 0. The van der Waals surface area contributed by atoms with E-state index in [4.69, 9.17) is 10.4 Å². The zero-order chi connectivity index (χ0) is 7.33. The highest BCUT2D eigenvalue weighted by Crippen LogP contribution is 2.05. The summed E-state index contributed by atoms with van der Waals surface area (Å²) in [5.41, 5.74) is -0.983. The Morgan fingerprint density at radius 1 is 1.44 bits per heavy atom. The molecule has 0 unspecified atom stereocenters. The summed E-state index contributed by atoms with van der Waals surface area (Å²) in [4.78, 5) is 4.19. The standard InChI is InChI=1S/C5H8O4/c1-5(2,3-4-6)8-9-7/h6-7H,1-2H3. The van der Waals surface area contributed by atoms with Crippen molar-refractivity contribution in [3.8, 4) is 12.0 Å². The molecule has 0 spiro atoms. The molecule has 0 aliphatic rings. The second-order valence-electron chi connectivity index (χ2n) is 1.90. The lowest BCUT2D eigenvalue weighted by Crippen LogP contribution is -2.21. The van der Waals surface area contributed by atoms with Crippen molar-refractivity contribution >= 4 is 0 Å². The fraction of sp³-hybridized carbons (Fsp3) is 0.600. The maximum atomic E-state index is 8.05. The van der Waals surface area contributed by atoms with E-state index in [1.165, 1.54) is 13.8 Å². The summed E-state index contributed by atoms with van der Waals surface area (Å²) in [6.07, 6.45) is 1.63. The van der Waals surface area contributed by atoms with E-state index in [1.807, 2.05) is 0 Å². The normalized spacial score (nSPS) is 10.1. The van der Waals surface area contributed by atoms with Crippen LogP contribution in [0.25, 0.3) is 0 Å². The predicted octanol–water partition coefficient (Wildman–Crippen LogP) is 0.520. The van der Waals surface area contributed by atoms with Gasteiger partial charge >= 0.3 is 0 Å². The van der Waals surface area contributed by atoms with Crippen LogP contribution in [0, 0.1) is 12.0 Å². The van der Waals surface area contributed by atoms with Crippen LogP contribution in [0.1, 0.15) is 13.8 Å². The minimum absolute atomic E-state index is 0.983. The van der Waals surface area contributed by atoms with Crippen molar-refractivity contribution in [3.63, 3.8) is 0 Å². The molecule has 0 amide bonds. The highest BCUT2D eigenvalue weighted by molar-refractivity contribution is 5.05. The molecule has 52 valence electrons. The Hall–Kier alpha value is -0.760. The van der Waals surface area contributed by atoms with E-state index in [1.54, 1.807) is 6.11 Å². The molecule has 0 atom stereocenters. The van der Waals surface area contributed by atoms with Crippen LogP contribution < -0.4 is 0 Å². The first-order chi connectivity index (χ1) is 4.12. The van der Waals surface area contributed by atoms with Crippen LogP contribution >= 0.6 is 0 Å². The number of aliphatic hydroxyl groups is 1. The zero-order valence-electron chi connectivity index (χ0n) is 5.21. The third-order valence-corrected chi connectivity index (χ3v) is 0.603. The Kier molecular flexibility index (Phi) is 3.02. The van der Waals surface area contributed by atoms with Crippen molar-refractivity contribution < 1.29 is 20.3 Å². The average Bonchev–Trinajstić information content (AvgIpc) is 1.64. The van der Waals surface area contributed by atoms with Gasteiger partial charge in [-0.2, -0.15) is 4.89 Å². The van der Waals surface area contributed by atoms with Gasteiger partial charge in [-0.3, -0.25) is 0 Å². The van der Waals surface area contributed by atoms with Gasteiger partial charge in [0.25, 0.3) is 0 Å². The SMILES string of the molecule is CC(C)(C#CO)OOO. The molecule has 0 aliphatic carbocycles. The maximum Gasteiger partial charge on any atom is 0.164 e. The van der Waals surface area contributed by atoms with Crippen molar-refractivity contribution in [3.05, 3.63) is 0 Å². The Balaban J connectivity index is 3.80. The lowest BCUT2D eigenvalue weighted by atomic mass is 10.2. The molecule has 4 heteroatoms. The predicted molar refractivity (Wildman–Crippen MR) is 28.6 cm³/mol. The van der Waals surface area contributed by atoms with Crippen molar-refractivity contribution in [1.82, 2.24) is 0 Å². The van der Waals surface area contributed by atoms with Crippen LogP contribution in [0.15, 0.2) is 0 Å². The van der Waals surface area contributed by atoms with E-state index in [0.29, 0.717) is 0 Å². The van der Waals surface area contributed by atoms with E-state index >= 15 is 0 Å². The molecule has 0 radical (unpaired) electrons. The van der Waals surface area contributed by atoms with E-state index in [2.05, 4.69) is 15.8 Å². The van der Waals surface area contributed by atoms with Crippen LogP contribution in [0.2, 0.25) is 0 Å². The van der Waals surface area contributed by atoms with Gasteiger partial charge in [-0.25, -0.2) is 5.26 Å². The van der Waals surface area contributed by atoms with Gasteiger partial charge in [-0.05, 0) is 19.8 Å². The smallest absolute Gasteiger partial charge is 0.164 e. The third kappa shape index (κ3) is 3.79. The topological polar surface area (TPSA) is 58.9 Å². The largest absolute Gasteiger partial charge is 0.462 e. The summed E-state index contributed by atoms with van der Waals surface area (Å²) in [5.74, 6) is 2.22. The van der Waals surface area contributed by atoms with Gasteiger partial charge < -0.3 is 5.11 Å². The van der Waals surface area contributed by atoms with Crippen molar-refractivity contribution in [2.24, 2.45) is 0 Å². The van der Waals surface area contributed by atoms with E-state index in [0.717, 1.165) is 0 Å². The van der Waals surface area contributed by atoms with Crippen LogP contribution in [-0.2, 0) is 9.93 Å². The molecule has 0 aromatic rings. The Bertz CT molecular complexity index is 130. The first-order valence-electron chi connectivity index (χ1n) is 2.28. The van der Waals surface area contributed by atoms with Gasteiger partial charge in [0.05, 0.1) is 0 Å². The quantitative estimate of drug-likeness (QED) is 0.326. The van der Waals surface area contributed by atoms with Crippen molar-refractivity contribution in [2.45, 2.75) is 19.4 Å². The van der Waals surface area contributed by atoms with E-state index in [-0.39, 0.29) is 0 Å². The Morgan fingerprint density at radius 2 is 2.00 bits per heavy atom. The van der Waals surface area contributed by atoms with Crippen LogP contribution in [0.3, 0.4) is 0 Å². The third-order valence-electron chi connectivity index (χ3n) is 0.603. The minimum atomic E-state index is -0.983. The van der Waals surface area contributed by atoms with Gasteiger partial charge in [0, 0.05) is 0 Å². The number of rotatable bonds is 2. The molecule has 4 nitrogen and oxygen atoms in total. The minimum Gasteiger partial charge on any atom is -0.462 e. The fourth-order valence-corrected chi connectivity index (χ4v) is 0.249. The van der Waals surface area contributed by atoms with Crippen LogP contribution in [0.5, 0.6) is 0 Å². The summed E-state index contributed by atoms with van der Waals surface area (Å²) in [5, 5.41) is 19.2. The van der Waals surface area contributed by atoms with Crippen molar-refractivity contribution in [2.75, 3.05) is 0 Å². The molecule has 0 rings (SSSR count). The van der Waals surface area contributed by atoms with Crippen molar-refractivity contribution in [1.29, 1.82) is 0 Å². The highest BCUT2D eigenvalue weighted by atomic mass is 17.5. The highest BCUT2D eigenvalue weighted by Gasteiger charge is 2.16. The average molecular weight is 132 g/mol. The van der Waals surface area contributed by atoms with Gasteiger partial charge in [0.1, 0.15) is 6.11 Å². The molecule has 2 N–H and O–H groups in total. The molecular formula is C5H8O4. The Morgan fingerprint density at radius 3 is 2.33 bits per heavy atom. The molecule has 0 aromatic heterocycles. The zero-order valence-corrected chi connectivity index (χ0v) is 5.21. The molecule has 0 saturated carbocycles. The molecule has 0 aliphatic heterocycles. The van der Waals surface area contributed by atoms with Gasteiger partial charge in [0.2, 0.25) is 0 Å². The lowest BCUT2D eigenvalue weighted by Gasteiger charge is -2.11. The summed E-state index contributed by atoms with van der Waals surface area (Å²) < 4.78 is 0. The second kappa shape index (κ2) is 3.30. The molecule has 0 fully saturated rings. The lowest BCUT2D eigenvalue weighted by molar-refractivity contribution is -0.513. The number of hydrogen-bond acceptors (Lipinski definition) is 4.